The van der Waals surface area contributed by atoms with E-state index >= 15 is 0 Å². The second kappa shape index (κ2) is 6.42. The molecule has 1 fully saturated rings. The number of nitrogens with one attached hydrogen (secondary N) is 1. The first kappa shape index (κ1) is 14.4. The molecule has 1 aromatic rings. The second-order valence-electron chi connectivity index (χ2n) is 6.02. The minimum Gasteiger partial charge on any atom is -0.382 e. The van der Waals surface area contributed by atoms with E-state index in [4.69, 9.17) is 0 Å². The van der Waals surface area contributed by atoms with Crippen LogP contribution < -0.4 is 5.32 Å². The van der Waals surface area contributed by atoms with E-state index in [0.717, 1.165) is 5.92 Å². The standard InChI is InChI=1S/C17H28N2/c1-5-19-10-8-16(9-11-19)15(4)18-17-7-6-13(2)12-14(17)3/h6-7,12,15-16,18H,5,8-11H2,1-4H3. The molecule has 1 aliphatic rings. The topological polar surface area (TPSA) is 15.3 Å². The van der Waals surface area contributed by atoms with Gasteiger partial charge in [0.25, 0.3) is 0 Å². The third-order valence-corrected chi connectivity index (χ3v) is 4.55. The summed E-state index contributed by atoms with van der Waals surface area (Å²) in [5.41, 5.74) is 4.00. The van der Waals surface area contributed by atoms with Gasteiger partial charge in [-0.15, -0.1) is 0 Å². The fraction of sp³-hybridized carbons (Fsp3) is 0.647. The SMILES string of the molecule is CCN1CCC(C(C)Nc2ccc(C)cc2C)CC1. The zero-order valence-corrected chi connectivity index (χ0v) is 12.9. The summed E-state index contributed by atoms with van der Waals surface area (Å²) in [6, 6.07) is 7.25. The van der Waals surface area contributed by atoms with Gasteiger partial charge in [-0.05, 0) is 70.8 Å². The Morgan fingerprint density at radius 3 is 2.53 bits per heavy atom. The lowest BCUT2D eigenvalue weighted by atomic mass is 9.90. The molecule has 1 heterocycles. The van der Waals surface area contributed by atoms with E-state index in [2.05, 4.69) is 56.1 Å². The van der Waals surface area contributed by atoms with E-state index in [1.807, 2.05) is 0 Å². The summed E-state index contributed by atoms with van der Waals surface area (Å²) in [4.78, 5) is 2.56. The first-order valence-corrected chi connectivity index (χ1v) is 7.66. The van der Waals surface area contributed by atoms with E-state index in [1.165, 1.54) is 49.3 Å². The Kier molecular flexibility index (Phi) is 4.87. The van der Waals surface area contributed by atoms with Crippen LogP contribution in [0.5, 0.6) is 0 Å². The molecule has 19 heavy (non-hydrogen) atoms. The van der Waals surface area contributed by atoms with Crippen LogP contribution in [0.2, 0.25) is 0 Å². The van der Waals surface area contributed by atoms with Crippen molar-refractivity contribution >= 4 is 5.69 Å². The average Bonchev–Trinajstić information content (AvgIpc) is 2.42. The highest BCUT2D eigenvalue weighted by molar-refractivity contribution is 5.52. The molecule has 0 amide bonds. The minimum absolute atomic E-state index is 0.570. The summed E-state index contributed by atoms with van der Waals surface area (Å²) >= 11 is 0. The van der Waals surface area contributed by atoms with Crippen LogP contribution in [0.4, 0.5) is 5.69 Å². The molecule has 1 saturated heterocycles. The summed E-state index contributed by atoms with van der Waals surface area (Å²) in [5.74, 6) is 0.809. The number of nitrogens with zero attached hydrogens (tertiary/aromatic N) is 1. The molecule has 0 saturated carbocycles. The van der Waals surface area contributed by atoms with Gasteiger partial charge in [-0.1, -0.05) is 24.6 Å². The lowest BCUT2D eigenvalue weighted by Gasteiger charge is -2.35. The molecule has 0 bridgehead atoms. The van der Waals surface area contributed by atoms with Crippen molar-refractivity contribution in [1.82, 2.24) is 4.90 Å². The smallest absolute Gasteiger partial charge is 0.0372 e. The fourth-order valence-corrected chi connectivity index (χ4v) is 3.11. The van der Waals surface area contributed by atoms with Crippen molar-refractivity contribution in [2.45, 2.75) is 46.6 Å². The maximum absolute atomic E-state index is 3.72. The van der Waals surface area contributed by atoms with Crippen LogP contribution in [0.25, 0.3) is 0 Å². The third kappa shape index (κ3) is 3.73. The van der Waals surface area contributed by atoms with E-state index in [1.54, 1.807) is 0 Å². The Morgan fingerprint density at radius 1 is 1.26 bits per heavy atom. The minimum atomic E-state index is 0.570. The molecule has 2 heteroatoms. The van der Waals surface area contributed by atoms with Crippen molar-refractivity contribution in [2.24, 2.45) is 5.92 Å². The number of aryl methyl sites for hydroxylation is 2. The highest BCUT2D eigenvalue weighted by Crippen LogP contribution is 2.24. The molecule has 106 valence electrons. The summed E-state index contributed by atoms with van der Waals surface area (Å²) < 4.78 is 0. The molecule has 1 atom stereocenters. The monoisotopic (exact) mass is 260 g/mol. The van der Waals surface area contributed by atoms with Gasteiger partial charge in [0.05, 0.1) is 0 Å². The van der Waals surface area contributed by atoms with Gasteiger partial charge in [0.15, 0.2) is 0 Å². The normalized spacial score (nSPS) is 19.4. The first-order chi connectivity index (χ1) is 9.10. The van der Waals surface area contributed by atoms with Crippen molar-refractivity contribution < 1.29 is 0 Å². The Hall–Kier alpha value is -1.02. The third-order valence-electron chi connectivity index (χ3n) is 4.55. The zero-order valence-electron chi connectivity index (χ0n) is 12.9. The summed E-state index contributed by atoms with van der Waals surface area (Å²) in [6.45, 7) is 12.7. The Balaban J connectivity index is 1.92. The molecular formula is C17H28N2. The average molecular weight is 260 g/mol. The number of anilines is 1. The second-order valence-corrected chi connectivity index (χ2v) is 6.02. The van der Waals surface area contributed by atoms with Crippen molar-refractivity contribution in [1.29, 1.82) is 0 Å². The largest absolute Gasteiger partial charge is 0.382 e. The van der Waals surface area contributed by atoms with E-state index in [-0.39, 0.29) is 0 Å². The molecule has 0 aliphatic carbocycles. The summed E-state index contributed by atoms with van der Waals surface area (Å²) in [7, 11) is 0. The maximum Gasteiger partial charge on any atom is 0.0372 e. The van der Waals surface area contributed by atoms with Crippen LogP contribution in [0, 0.1) is 19.8 Å². The van der Waals surface area contributed by atoms with Gasteiger partial charge >= 0.3 is 0 Å². The van der Waals surface area contributed by atoms with Gasteiger partial charge in [0.1, 0.15) is 0 Å². The Bertz CT molecular complexity index is 406. The Morgan fingerprint density at radius 2 is 1.95 bits per heavy atom. The van der Waals surface area contributed by atoms with E-state index < -0.39 is 0 Å². The molecule has 0 spiro atoms. The summed E-state index contributed by atoms with van der Waals surface area (Å²) in [5, 5.41) is 3.72. The lowest BCUT2D eigenvalue weighted by molar-refractivity contribution is 0.183. The molecule has 1 aliphatic heterocycles. The van der Waals surface area contributed by atoms with Crippen molar-refractivity contribution in [3.8, 4) is 0 Å². The molecule has 1 unspecified atom stereocenters. The van der Waals surface area contributed by atoms with Gasteiger partial charge < -0.3 is 10.2 Å². The van der Waals surface area contributed by atoms with E-state index in [0.29, 0.717) is 6.04 Å². The molecule has 1 aromatic carbocycles. The van der Waals surface area contributed by atoms with Crippen LogP contribution in [0.3, 0.4) is 0 Å². The van der Waals surface area contributed by atoms with Gasteiger partial charge in [-0.3, -0.25) is 0 Å². The number of likely N-dealkylation sites (tertiary alicyclic amines) is 1. The zero-order chi connectivity index (χ0) is 13.8. The van der Waals surface area contributed by atoms with Crippen molar-refractivity contribution in [3.05, 3.63) is 29.3 Å². The Labute approximate surface area is 118 Å². The van der Waals surface area contributed by atoms with Crippen LogP contribution in [0.1, 0.15) is 37.8 Å². The van der Waals surface area contributed by atoms with Crippen molar-refractivity contribution in [2.75, 3.05) is 25.0 Å². The lowest BCUT2D eigenvalue weighted by Crippen LogP contribution is -2.39. The molecule has 1 N–H and O–H groups in total. The molecule has 2 nitrogen and oxygen atoms in total. The van der Waals surface area contributed by atoms with Crippen molar-refractivity contribution in [3.63, 3.8) is 0 Å². The predicted molar refractivity (Wildman–Crippen MR) is 83.8 cm³/mol. The first-order valence-electron chi connectivity index (χ1n) is 7.66. The van der Waals surface area contributed by atoms with Crippen LogP contribution in [0.15, 0.2) is 18.2 Å². The molecule has 2 rings (SSSR count). The quantitative estimate of drug-likeness (QED) is 0.885. The fourth-order valence-electron chi connectivity index (χ4n) is 3.11. The van der Waals surface area contributed by atoms with Gasteiger partial charge in [0.2, 0.25) is 0 Å². The molecular weight excluding hydrogens is 232 g/mol. The number of rotatable bonds is 4. The predicted octanol–water partition coefficient (Wildman–Crippen LogP) is 3.84. The van der Waals surface area contributed by atoms with Gasteiger partial charge in [0, 0.05) is 11.7 Å². The van der Waals surface area contributed by atoms with Crippen LogP contribution in [-0.4, -0.2) is 30.6 Å². The van der Waals surface area contributed by atoms with Crippen LogP contribution in [-0.2, 0) is 0 Å². The highest BCUT2D eigenvalue weighted by Gasteiger charge is 2.23. The molecule has 0 aromatic heterocycles. The highest BCUT2D eigenvalue weighted by atomic mass is 15.1. The van der Waals surface area contributed by atoms with Gasteiger partial charge in [-0.2, -0.15) is 0 Å². The van der Waals surface area contributed by atoms with E-state index in [9.17, 15) is 0 Å². The molecule has 0 radical (unpaired) electrons. The number of hydrogen-bond acceptors (Lipinski definition) is 2. The van der Waals surface area contributed by atoms with Gasteiger partial charge in [-0.25, -0.2) is 0 Å². The number of benzene rings is 1. The number of piperidine rings is 1. The number of hydrogen-bond donors (Lipinski definition) is 1. The maximum atomic E-state index is 3.72. The van der Waals surface area contributed by atoms with Crippen LogP contribution >= 0.6 is 0 Å². The summed E-state index contributed by atoms with van der Waals surface area (Å²) in [6.07, 6.45) is 2.65.